The van der Waals surface area contributed by atoms with Crippen molar-refractivity contribution < 1.29 is 37.6 Å². The molecular weight excluding hydrogens is 856 g/mol. The minimum atomic E-state index is -1.93. The molecule has 0 spiro atoms. The van der Waals surface area contributed by atoms with Crippen molar-refractivity contribution in [3.05, 3.63) is 186 Å². The van der Waals surface area contributed by atoms with E-state index in [0.29, 0.717) is 22.6 Å². The summed E-state index contributed by atoms with van der Waals surface area (Å²) in [6.07, 6.45) is 1.56. The minimum Gasteiger partial charge on any atom is -0.497 e. The average molecular weight is 911 g/mol. The third-order valence-corrected chi connectivity index (χ3v) is 12.4. The first-order valence-corrected chi connectivity index (χ1v) is 22.5. The minimum absolute atomic E-state index is 0.0242. The highest BCUT2D eigenvalue weighted by Gasteiger charge is 2.41. The van der Waals surface area contributed by atoms with Crippen molar-refractivity contribution in [2.24, 2.45) is 0 Å². The summed E-state index contributed by atoms with van der Waals surface area (Å²) in [7, 11) is 1.27. The number of ether oxygens (including phenoxy) is 3. The van der Waals surface area contributed by atoms with Crippen LogP contribution in [0.4, 0.5) is 17.5 Å². The Hall–Kier alpha value is -6.80. The van der Waals surface area contributed by atoms with Crippen molar-refractivity contribution in [3.8, 4) is 11.5 Å². The van der Waals surface area contributed by atoms with Crippen LogP contribution in [0, 0.1) is 0 Å². The summed E-state index contributed by atoms with van der Waals surface area (Å²) in [5.74, 6) is -0.553. The van der Waals surface area contributed by atoms with Gasteiger partial charge in [0, 0.05) is 23.2 Å². The van der Waals surface area contributed by atoms with Gasteiger partial charge in [-0.1, -0.05) is 97.1 Å². The van der Waals surface area contributed by atoms with E-state index in [4.69, 9.17) is 23.3 Å². The van der Waals surface area contributed by atoms with Gasteiger partial charge in [0.05, 0.1) is 33.6 Å². The van der Waals surface area contributed by atoms with Gasteiger partial charge in [-0.05, 0) is 92.9 Å². The zero-order valence-corrected chi connectivity index (χ0v) is 38.7. The predicted octanol–water partition coefficient (Wildman–Crippen LogP) is 9.88. The van der Waals surface area contributed by atoms with Crippen LogP contribution in [0.5, 0.6) is 11.5 Å². The molecule has 1 heterocycles. The fourth-order valence-corrected chi connectivity index (χ4v) is 8.82. The van der Waals surface area contributed by atoms with Crippen LogP contribution in [0.2, 0.25) is 0 Å². The monoisotopic (exact) mass is 910 g/mol. The number of anilines is 3. The summed E-state index contributed by atoms with van der Waals surface area (Å²) >= 11 is 0. The second-order valence-corrected chi connectivity index (χ2v) is 16.8. The highest BCUT2D eigenvalue weighted by atomic mass is 31.2. The first-order valence-electron chi connectivity index (χ1n) is 21.4. The number of carbonyl (C=O) groups excluding carboxylic acids is 3. The van der Waals surface area contributed by atoms with Gasteiger partial charge in [0.15, 0.2) is 11.9 Å². The van der Waals surface area contributed by atoms with Crippen LogP contribution < -0.4 is 25.4 Å². The Labute approximate surface area is 387 Å². The van der Waals surface area contributed by atoms with Crippen molar-refractivity contribution in [2.45, 2.75) is 51.5 Å². The Morgan fingerprint density at radius 2 is 1.17 bits per heavy atom. The molecule has 15 heteroatoms. The predicted molar refractivity (Wildman–Crippen MR) is 258 cm³/mol. The number of carbonyl (C=O) groups is 3. The van der Waals surface area contributed by atoms with E-state index in [0.717, 1.165) is 16.7 Å². The lowest BCUT2D eigenvalue weighted by Gasteiger charge is -2.39. The SMILES string of the molecule is C=CCOP(O[C@H](COC(c1ccccc1)(c1ccc(OC)cc1)c1ccc(OC)cc1)C(=O)Nc1cnc(NC(=O)c2ccccc2)nc1NC(=O)c1ccccc1)N(C(C)C)C(C)C. The first-order chi connectivity index (χ1) is 32.0. The molecule has 0 fully saturated rings. The normalized spacial score (nSPS) is 12.3. The molecule has 1 unspecified atom stereocenters. The molecule has 342 valence electrons. The maximum Gasteiger partial charge on any atom is 0.260 e. The van der Waals surface area contributed by atoms with Gasteiger partial charge in [-0.15, -0.1) is 6.58 Å². The summed E-state index contributed by atoms with van der Waals surface area (Å²) < 4.78 is 33.5. The van der Waals surface area contributed by atoms with Crippen LogP contribution in [0.3, 0.4) is 0 Å². The second kappa shape index (κ2) is 23.4. The van der Waals surface area contributed by atoms with Crippen molar-refractivity contribution in [1.29, 1.82) is 0 Å². The average Bonchev–Trinajstić information content (AvgIpc) is 3.34. The molecule has 0 aliphatic rings. The molecule has 0 aliphatic carbocycles. The van der Waals surface area contributed by atoms with Gasteiger partial charge >= 0.3 is 0 Å². The van der Waals surface area contributed by atoms with E-state index < -0.39 is 38.0 Å². The Balaban J connectivity index is 1.45. The molecule has 0 saturated carbocycles. The smallest absolute Gasteiger partial charge is 0.260 e. The molecule has 0 radical (unpaired) electrons. The molecule has 3 amide bonds. The van der Waals surface area contributed by atoms with Crippen LogP contribution in [0.1, 0.15) is 65.1 Å². The Kier molecular flexibility index (Phi) is 17.3. The third kappa shape index (κ3) is 12.1. The van der Waals surface area contributed by atoms with Gasteiger partial charge in [0.1, 0.15) is 22.8 Å². The molecule has 6 aromatic rings. The number of nitrogens with one attached hydrogen (secondary N) is 3. The highest BCUT2D eigenvalue weighted by Crippen LogP contribution is 2.48. The molecule has 0 aliphatic heterocycles. The highest BCUT2D eigenvalue weighted by molar-refractivity contribution is 7.44. The quantitative estimate of drug-likeness (QED) is 0.0338. The molecular formula is C51H55N6O8P. The van der Waals surface area contributed by atoms with Crippen molar-refractivity contribution in [2.75, 3.05) is 43.4 Å². The van der Waals surface area contributed by atoms with Gasteiger partial charge in [-0.2, -0.15) is 4.98 Å². The molecule has 1 aromatic heterocycles. The fraction of sp³-hybridized carbons (Fsp3) is 0.235. The van der Waals surface area contributed by atoms with E-state index in [1.165, 1.54) is 6.20 Å². The summed E-state index contributed by atoms with van der Waals surface area (Å²) in [6, 6.07) is 41.7. The molecule has 0 bridgehead atoms. The van der Waals surface area contributed by atoms with Crippen LogP contribution >= 0.6 is 8.53 Å². The summed E-state index contributed by atoms with van der Waals surface area (Å²) in [5.41, 5.74) is 1.65. The van der Waals surface area contributed by atoms with Gasteiger partial charge in [-0.3, -0.25) is 19.7 Å². The van der Waals surface area contributed by atoms with Crippen molar-refractivity contribution in [3.63, 3.8) is 0 Å². The van der Waals surface area contributed by atoms with Crippen LogP contribution in [0.25, 0.3) is 0 Å². The largest absolute Gasteiger partial charge is 0.497 e. The molecule has 2 atom stereocenters. The first kappa shape index (κ1) is 48.7. The molecule has 3 N–H and O–H groups in total. The molecule has 14 nitrogen and oxygen atoms in total. The van der Waals surface area contributed by atoms with Crippen LogP contribution in [-0.2, 0) is 24.2 Å². The van der Waals surface area contributed by atoms with Crippen LogP contribution in [0.15, 0.2) is 158 Å². The van der Waals surface area contributed by atoms with Crippen LogP contribution in [-0.4, -0.2) is 78.0 Å². The lowest BCUT2D eigenvalue weighted by Crippen LogP contribution is -2.42. The lowest BCUT2D eigenvalue weighted by atomic mass is 9.80. The zero-order chi connectivity index (χ0) is 47.1. The van der Waals surface area contributed by atoms with Gasteiger partial charge < -0.3 is 33.9 Å². The Morgan fingerprint density at radius 3 is 1.65 bits per heavy atom. The number of amides is 3. The van der Waals surface area contributed by atoms with Gasteiger partial charge in [0.25, 0.3) is 26.2 Å². The van der Waals surface area contributed by atoms with Crippen molar-refractivity contribution in [1.82, 2.24) is 14.6 Å². The zero-order valence-electron chi connectivity index (χ0n) is 37.8. The van der Waals surface area contributed by atoms with Gasteiger partial charge in [0.2, 0.25) is 5.95 Å². The third-order valence-electron chi connectivity index (χ3n) is 10.3. The number of rotatable bonds is 22. The van der Waals surface area contributed by atoms with Crippen molar-refractivity contribution >= 4 is 43.7 Å². The van der Waals surface area contributed by atoms with E-state index in [9.17, 15) is 9.59 Å². The second-order valence-electron chi connectivity index (χ2n) is 15.4. The molecule has 66 heavy (non-hydrogen) atoms. The number of hydrogen-bond donors (Lipinski definition) is 3. The standard InChI is InChI=1S/C51H55N6O8P/c1-8-32-64-66(57(35(2)3)36(4)5)65-45(34-63-51(39-22-16-11-17-23-39,40-24-28-42(61-6)29-25-40)41-26-30-43(62-7)31-27-41)49(60)53-44-33-52-50(56-48(59)38-20-14-10-15-21-38)55-46(44)54-47(58)37-18-12-9-13-19-37/h8-31,33,35-36,45H,1,32,34H2,2-7H3,(H,53,60)(H2,52,54,55,56,58,59)/t45-,66?/m1/s1. The van der Waals surface area contributed by atoms with E-state index in [1.807, 2.05) is 107 Å². The number of nitrogens with zero attached hydrogens (tertiary/aromatic N) is 3. The van der Waals surface area contributed by atoms with E-state index in [1.54, 1.807) is 81.0 Å². The summed E-state index contributed by atoms with van der Waals surface area (Å²) in [4.78, 5) is 50.7. The molecule has 0 saturated heterocycles. The number of hydrogen-bond acceptors (Lipinski definition) is 11. The number of benzene rings is 5. The summed E-state index contributed by atoms with van der Waals surface area (Å²) in [5, 5.41) is 8.38. The maximum atomic E-state index is 15.1. The Bertz CT molecular complexity index is 2460. The Morgan fingerprint density at radius 1 is 0.682 bits per heavy atom. The summed E-state index contributed by atoms with van der Waals surface area (Å²) in [6.45, 7) is 11.8. The maximum absolute atomic E-state index is 15.1. The molecule has 5 aromatic carbocycles. The van der Waals surface area contributed by atoms with E-state index >= 15 is 4.79 Å². The topological polar surface area (TPSA) is 162 Å². The lowest BCUT2D eigenvalue weighted by molar-refractivity contribution is -0.128. The fourth-order valence-electron chi connectivity index (χ4n) is 7.15. The molecule has 6 rings (SSSR count). The van der Waals surface area contributed by atoms with E-state index in [2.05, 4.69) is 37.2 Å². The number of methoxy groups -OCH3 is 2. The van der Waals surface area contributed by atoms with Gasteiger partial charge in [-0.25, -0.2) is 9.65 Å². The number of aromatic nitrogens is 2. The van der Waals surface area contributed by atoms with E-state index in [-0.39, 0.29) is 42.8 Å².